The molecule has 17 heavy (non-hydrogen) atoms. The van der Waals surface area contributed by atoms with Crippen LogP contribution in [0.4, 0.5) is 4.39 Å². The van der Waals surface area contributed by atoms with Crippen molar-refractivity contribution in [3.05, 3.63) is 29.0 Å². The van der Waals surface area contributed by atoms with Crippen molar-refractivity contribution in [1.82, 2.24) is 5.32 Å². The van der Waals surface area contributed by atoms with Crippen LogP contribution in [0.1, 0.15) is 6.42 Å². The smallest absolute Gasteiger partial charge is 0.173 e. The summed E-state index contributed by atoms with van der Waals surface area (Å²) in [5, 5.41) is 3.45. The number of para-hydroxylation sites is 1. The number of ether oxygens (including phenoxy) is 2. The Morgan fingerprint density at radius 1 is 1.29 bits per heavy atom. The predicted molar refractivity (Wildman–Crippen MR) is 66.3 cm³/mol. The first-order valence-electron chi connectivity index (χ1n) is 5.52. The number of benzene rings is 1. The maximum atomic E-state index is 13.3. The summed E-state index contributed by atoms with van der Waals surface area (Å²) >= 11 is 5.81. The van der Waals surface area contributed by atoms with Gasteiger partial charge in [0, 0.05) is 20.3 Å². The van der Waals surface area contributed by atoms with Crippen LogP contribution in [-0.2, 0) is 4.74 Å². The Kier molecular flexibility index (Phi) is 6.93. The lowest BCUT2D eigenvalue weighted by molar-refractivity contribution is 0.193. The highest BCUT2D eigenvalue weighted by Crippen LogP contribution is 2.26. The summed E-state index contributed by atoms with van der Waals surface area (Å²) in [6, 6.07) is 4.48. The highest BCUT2D eigenvalue weighted by Gasteiger charge is 2.06. The highest BCUT2D eigenvalue weighted by molar-refractivity contribution is 6.32. The summed E-state index contributed by atoms with van der Waals surface area (Å²) in [5.74, 6) is -0.315. The summed E-state index contributed by atoms with van der Waals surface area (Å²) in [6.45, 7) is 2.61. The fourth-order valence-electron chi connectivity index (χ4n) is 1.31. The fraction of sp³-hybridized carbons (Fsp3) is 0.500. The zero-order valence-electron chi connectivity index (χ0n) is 9.84. The Morgan fingerprint density at radius 2 is 2.12 bits per heavy atom. The molecular weight excluding hydrogens is 245 g/mol. The lowest BCUT2D eigenvalue weighted by Gasteiger charge is -2.09. The Morgan fingerprint density at radius 3 is 2.82 bits per heavy atom. The quantitative estimate of drug-likeness (QED) is 0.730. The van der Waals surface area contributed by atoms with E-state index in [1.165, 1.54) is 6.07 Å². The molecule has 96 valence electrons. The van der Waals surface area contributed by atoms with E-state index in [2.05, 4.69) is 5.32 Å². The largest absolute Gasteiger partial charge is 0.488 e. The van der Waals surface area contributed by atoms with E-state index in [9.17, 15) is 4.39 Å². The molecule has 0 fully saturated rings. The minimum absolute atomic E-state index is 0.118. The van der Waals surface area contributed by atoms with Crippen molar-refractivity contribution >= 4 is 11.6 Å². The van der Waals surface area contributed by atoms with E-state index in [4.69, 9.17) is 21.1 Å². The molecule has 3 nitrogen and oxygen atoms in total. The molecule has 0 aromatic heterocycles. The molecule has 0 heterocycles. The van der Waals surface area contributed by atoms with E-state index in [0.717, 1.165) is 19.6 Å². The second-order valence-corrected chi connectivity index (χ2v) is 3.90. The van der Waals surface area contributed by atoms with Crippen LogP contribution in [0.3, 0.4) is 0 Å². The third-order valence-electron chi connectivity index (χ3n) is 2.15. The molecule has 0 aliphatic heterocycles. The summed E-state index contributed by atoms with van der Waals surface area (Å²) in [6.07, 6.45) is 0.941. The molecule has 1 N–H and O–H groups in total. The summed E-state index contributed by atoms with van der Waals surface area (Å²) < 4.78 is 23.5. The molecule has 0 amide bonds. The van der Waals surface area contributed by atoms with Gasteiger partial charge in [0.2, 0.25) is 0 Å². The normalized spacial score (nSPS) is 10.5. The minimum Gasteiger partial charge on any atom is -0.488 e. The summed E-state index contributed by atoms with van der Waals surface area (Å²) in [7, 11) is 1.67. The van der Waals surface area contributed by atoms with Crippen molar-refractivity contribution in [2.45, 2.75) is 6.42 Å². The van der Waals surface area contributed by atoms with Gasteiger partial charge in [0.1, 0.15) is 6.61 Å². The van der Waals surface area contributed by atoms with Crippen LogP contribution in [0.15, 0.2) is 18.2 Å². The number of hydrogen-bond acceptors (Lipinski definition) is 3. The van der Waals surface area contributed by atoms with Crippen molar-refractivity contribution in [3.8, 4) is 5.75 Å². The molecule has 5 heteroatoms. The predicted octanol–water partition coefficient (Wildman–Crippen LogP) is 2.48. The molecule has 0 aliphatic rings. The zero-order chi connectivity index (χ0) is 12.5. The second kappa shape index (κ2) is 8.28. The topological polar surface area (TPSA) is 30.5 Å². The van der Waals surface area contributed by atoms with Crippen molar-refractivity contribution in [2.75, 3.05) is 33.4 Å². The molecule has 0 saturated carbocycles. The first-order chi connectivity index (χ1) is 8.25. The van der Waals surface area contributed by atoms with Gasteiger partial charge in [-0.15, -0.1) is 0 Å². The van der Waals surface area contributed by atoms with Crippen LogP contribution in [0.2, 0.25) is 5.02 Å². The fourth-order valence-corrected chi connectivity index (χ4v) is 1.53. The van der Waals surface area contributed by atoms with Gasteiger partial charge < -0.3 is 14.8 Å². The molecule has 0 radical (unpaired) electrons. The number of methoxy groups -OCH3 is 1. The van der Waals surface area contributed by atoms with Gasteiger partial charge in [0.25, 0.3) is 0 Å². The number of nitrogens with one attached hydrogen (secondary N) is 1. The van der Waals surface area contributed by atoms with Gasteiger partial charge in [0.15, 0.2) is 11.6 Å². The SMILES string of the molecule is COCCCNCCOc1c(F)cccc1Cl. The molecule has 1 aromatic rings. The third kappa shape index (κ3) is 5.35. The van der Waals surface area contributed by atoms with Gasteiger partial charge in [-0.3, -0.25) is 0 Å². The Labute approximate surface area is 106 Å². The zero-order valence-corrected chi connectivity index (χ0v) is 10.6. The van der Waals surface area contributed by atoms with Gasteiger partial charge in [-0.1, -0.05) is 17.7 Å². The number of rotatable bonds is 8. The van der Waals surface area contributed by atoms with E-state index in [1.54, 1.807) is 19.2 Å². The molecule has 1 aromatic carbocycles. The monoisotopic (exact) mass is 261 g/mol. The average Bonchev–Trinajstić information content (AvgIpc) is 2.31. The minimum atomic E-state index is -0.433. The lowest BCUT2D eigenvalue weighted by Crippen LogP contribution is -2.23. The van der Waals surface area contributed by atoms with Crippen molar-refractivity contribution in [3.63, 3.8) is 0 Å². The van der Waals surface area contributed by atoms with Crippen LogP contribution in [0, 0.1) is 5.82 Å². The molecule has 1 rings (SSSR count). The highest BCUT2D eigenvalue weighted by atomic mass is 35.5. The van der Waals surface area contributed by atoms with Gasteiger partial charge in [-0.05, 0) is 25.1 Å². The Bertz CT molecular complexity index is 316. The molecule has 0 unspecified atom stereocenters. The molecule has 0 atom stereocenters. The van der Waals surface area contributed by atoms with Gasteiger partial charge in [0.05, 0.1) is 5.02 Å². The van der Waals surface area contributed by atoms with Crippen LogP contribution in [0.25, 0.3) is 0 Å². The Balaban J connectivity index is 2.18. The van der Waals surface area contributed by atoms with Crippen LogP contribution in [-0.4, -0.2) is 33.4 Å². The number of hydrogen-bond donors (Lipinski definition) is 1. The molecule has 0 spiro atoms. The van der Waals surface area contributed by atoms with E-state index in [-0.39, 0.29) is 5.75 Å². The van der Waals surface area contributed by atoms with Crippen LogP contribution >= 0.6 is 11.6 Å². The second-order valence-electron chi connectivity index (χ2n) is 3.50. The van der Waals surface area contributed by atoms with Crippen LogP contribution in [0.5, 0.6) is 5.75 Å². The number of halogens is 2. The average molecular weight is 262 g/mol. The Hall–Kier alpha value is -0.840. The van der Waals surface area contributed by atoms with Gasteiger partial charge in [-0.25, -0.2) is 4.39 Å². The first-order valence-corrected chi connectivity index (χ1v) is 5.90. The summed E-state index contributed by atoms with van der Waals surface area (Å²) in [5.41, 5.74) is 0. The van der Waals surface area contributed by atoms with Crippen molar-refractivity contribution in [2.24, 2.45) is 0 Å². The molecule has 0 saturated heterocycles. The maximum absolute atomic E-state index is 13.3. The summed E-state index contributed by atoms with van der Waals surface area (Å²) in [4.78, 5) is 0. The molecular formula is C12H17ClFNO2. The first kappa shape index (κ1) is 14.2. The third-order valence-corrected chi connectivity index (χ3v) is 2.44. The van der Waals surface area contributed by atoms with E-state index in [1.807, 2.05) is 0 Å². The van der Waals surface area contributed by atoms with Gasteiger partial charge in [-0.2, -0.15) is 0 Å². The standard InChI is InChI=1S/C12H17ClFNO2/c1-16-8-3-6-15-7-9-17-12-10(13)4-2-5-11(12)14/h2,4-5,15H,3,6-9H2,1H3. The van der Waals surface area contributed by atoms with E-state index < -0.39 is 5.82 Å². The van der Waals surface area contributed by atoms with E-state index in [0.29, 0.717) is 18.2 Å². The lowest BCUT2D eigenvalue weighted by atomic mass is 10.3. The molecule has 0 bridgehead atoms. The van der Waals surface area contributed by atoms with Gasteiger partial charge >= 0.3 is 0 Å². The maximum Gasteiger partial charge on any atom is 0.173 e. The van der Waals surface area contributed by atoms with Crippen LogP contribution < -0.4 is 10.1 Å². The van der Waals surface area contributed by atoms with E-state index >= 15 is 0 Å². The van der Waals surface area contributed by atoms with Crippen molar-refractivity contribution in [1.29, 1.82) is 0 Å². The molecule has 0 aliphatic carbocycles. The van der Waals surface area contributed by atoms with Crippen molar-refractivity contribution < 1.29 is 13.9 Å².